The number of aromatic nitrogens is 2. The van der Waals surface area contributed by atoms with Crippen molar-refractivity contribution in [3.05, 3.63) is 40.0 Å². The number of halogens is 3. The molecule has 0 spiro atoms. The van der Waals surface area contributed by atoms with E-state index < -0.39 is 26.6 Å². The standard InChI is InChI=1S/C12H12BrF2N3O2S/c1-6(2)10-5-11(17-16-10)18-21(19,20)12-8(13)3-7(14)4-9(12)15/h3-6H,1-2H3,(H2,16,17,18). The molecule has 0 aliphatic carbocycles. The number of benzene rings is 1. The van der Waals surface area contributed by atoms with Gasteiger partial charge in [0.1, 0.15) is 16.5 Å². The van der Waals surface area contributed by atoms with Gasteiger partial charge in [0.05, 0.1) is 0 Å². The second-order valence-corrected chi connectivity index (χ2v) is 7.14. The van der Waals surface area contributed by atoms with Gasteiger partial charge in [0, 0.05) is 22.3 Å². The summed E-state index contributed by atoms with van der Waals surface area (Å²) in [4.78, 5) is -0.669. The van der Waals surface area contributed by atoms with Gasteiger partial charge >= 0.3 is 0 Å². The zero-order valence-corrected chi connectivity index (χ0v) is 13.5. The Morgan fingerprint density at radius 1 is 1.29 bits per heavy atom. The Balaban J connectivity index is 2.38. The number of H-pyrrole nitrogens is 1. The average Bonchev–Trinajstić information content (AvgIpc) is 2.74. The third-order valence-electron chi connectivity index (χ3n) is 2.69. The van der Waals surface area contributed by atoms with Crippen LogP contribution in [0.5, 0.6) is 0 Å². The molecule has 9 heteroatoms. The SMILES string of the molecule is CC(C)c1cc(NS(=O)(=O)c2c(F)cc(F)cc2Br)n[nH]1. The topological polar surface area (TPSA) is 74.8 Å². The molecule has 0 fully saturated rings. The third kappa shape index (κ3) is 3.41. The summed E-state index contributed by atoms with van der Waals surface area (Å²) in [6, 6.07) is 2.89. The zero-order chi connectivity index (χ0) is 15.8. The fraction of sp³-hybridized carbons (Fsp3) is 0.250. The van der Waals surface area contributed by atoms with Gasteiger partial charge in [-0.3, -0.25) is 9.82 Å². The molecule has 114 valence electrons. The van der Waals surface area contributed by atoms with Gasteiger partial charge in [-0.15, -0.1) is 0 Å². The molecule has 2 aromatic rings. The van der Waals surface area contributed by atoms with E-state index in [-0.39, 0.29) is 16.2 Å². The number of sulfonamides is 1. The van der Waals surface area contributed by atoms with Gasteiger partial charge in [0.15, 0.2) is 5.82 Å². The summed E-state index contributed by atoms with van der Waals surface area (Å²) in [5.41, 5.74) is 0.728. The van der Waals surface area contributed by atoms with Crippen LogP contribution < -0.4 is 4.72 Å². The summed E-state index contributed by atoms with van der Waals surface area (Å²) >= 11 is 2.85. The fourth-order valence-electron chi connectivity index (χ4n) is 1.66. The number of nitrogens with one attached hydrogen (secondary N) is 2. The van der Waals surface area contributed by atoms with Crippen LogP contribution in [-0.4, -0.2) is 18.6 Å². The molecule has 0 aliphatic rings. The van der Waals surface area contributed by atoms with Crippen LogP contribution in [0.25, 0.3) is 0 Å². The van der Waals surface area contributed by atoms with E-state index in [1.54, 1.807) is 0 Å². The molecule has 0 atom stereocenters. The average molecular weight is 380 g/mol. The molecule has 0 amide bonds. The Bertz CT molecular complexity index is 752. The highest BCUT2D eigenvalue weighted by molar-refractivity contribution is 9.10. The van der Waals surface area contributed by atoms with Gasteiger partial charge in [-0.05, 0) is 27.9 Å². The van der Waals surface area contributed by atoms with Crippen LogP contribution in [0.4, 0.5) is 14.6 Å². The maximum atomic E-state index is 13.7. The lowest BCUT2D eigenvalue weighted by Crippen LogP contribution is -2.16. The molecule has 1 heterocycles. The van der Waals surface area contributed by atoms with Crippen LogP contribution in [0.2, 0.25) is 0 Å². The van der Waals surface area contributed by atoms with E-state index in [2.05, 4.69) is 30.8 Å². The largest absolute Gasteiger partial charge is 0.280 e. The predicted molar refractivity (Wildman–Crippen MR) is 77.5 cm³/mol. The monoisotopic (exact) mass is 379 g/mol. The van der Waals surface area contributed by atoms with Gasteiger partial charge in [0.2, 0.25) is 0 Å². The van der Waals surface area contributed by atoms with Crippen molar-refractivity contribution in [3.8, 4) is 0 Å². The Kier molecular flexibility index (Phi) is 4.33. The summed E-state index contributed by atoms with van der Waals surface area (Å²) in [6.45, 7) is 3.81. The second kappa shape index (κ2) is 5.72. The molecular formula is C12H12BrF2N3O2S. The summed E-state index contributed by atoms with van der Waals surface area (Å²) in [5, 5.41) is 6.47. The zero-order valence-electron chi connectivity index (χ0n) is 11.1. The van der Waals surface area contributed by atoms with Crippen LogP contribution in [0.1, 0.15) is 25.5 Å². The molecular weight excluding hydrogens is 368 g/mol. The molecule has 0 radical (unpaired) electrons. The molecule has 0 saturated carbocycles. The summed E-state index contributed by atoms with van der Waals surface area (Å²) in [7, 11) is -4.22. The molecule has 1 aromatic heterocycles. The van der Waals surface area contributed by atoms with Crippen LogP contribution in [-0.2, 0) is 10.0 Å². The van der Waals surface area contributed by atoms with Crippen LogP contribution in [0, 0.1) is 11.6 Å². The van der Waals surface area contributed by atoms with Gasteiger partial charge in [-0.1, -0.05) is 13.8 Å². The first-order chi connectivity index (χ1) is 9.70. The van der Waals surface area contributed by atoms with E-state index in [9.17, 15) is 17.2 Å². The first kappa shape index (κ1) is 15.9. The highest BCUT2D eigenvalue weighted by atomic mass is 79.9. The minimum atomic E-state index is -4.22. The molecule has 21 heavy (non-hydrogen) atoms. The molecule has 1 aromatic carbocycles. The summed E-state index contributed by atoms with van der Waals surface area (Å²) in [6.07, 6.45) is 0. The van der Waals surface area contributed by atoms with Crippen molar-refractivity contribution >= 4 is 31.8 Å². The quantitative estimate of drug-likeness (QED) is 0.854. The van der Waals surface area contributed by atoms with Crippen molar-refractivity contribution in [2.75, 3.05) is 4.72 Å². The number of hydrogen-bond donors (Lipinski definition) is 2. The lowest BCUT2D eigenvalue weighted by Gasteiger charge is -2.08. The Morgan fingerprint density at radius 3 is 2.48 bits per heavy atom. The van der Waals surface area contributed by atoms with Gasteiger partial charge in [-0.25, -0.2) is 17.2 Å². The second-order valence-electron chi connectivity index (χ2n) is 4.67. The van der Waals surface area contributed by atoms with Crippen molar-refractivity contribution in [3.63, 3.8) is 0 Å². The van der Waals surface area contributed by atoms with Gasteiger partial charge in [0.25, 0.3) is 10.0 Å². The Morgan fingerprint density at radius 2 is 1.95 bits per heavy atom. The van der Waals surface area contributed by atoms with E-state index in [1.165, 1.54) is 6.07 Å². The smallest absolute Gasteiger partial charge is 0.267 e. The van der Waals surface area contributed by atoms with E-state index in [0.717, 1.165) is 11.8 Å². The first-order valence-corrected chi connectivity index (χ1v) is 8.21. The molecule has 0 aliphatic heterocycles. The van der Waals surface area contributed by atoms with Gasteiger partial charge < -0.3 is 0 Å². The maximum absolute atomic E-state index is 13.7. The first-order valence-electron chi connectivity index (χ1n) is 5.93. The third-order valence-corrected chi connectivity index (χ3v) is 5.01. The molecule has 0 bridgehead atoms. The van der Waals surface area contributed by atoms with Crippen LogP contribution >= 0.6 is 15.9 Å². The fourth-order valence-corrected chi connectivity index (χ4v) is 3.82. The van der Waals surface area contributed by atoms with Crippen molar-refractivity contribution in [1.29, 1.82) is 0 Å². The minimum absolute atomic E-state index is 0.0364. The van der Waals surface area contributed by atoms with Crippen molar-refractivity contribution in [1.82, 2.24) is 10.2 Å². The van der Waals surface area contributed by atoms with Crippen LogP contribution in [0.15, 0.2) is 27.6 Å². The molecule has 2 N–H and O–H groups in total. The van der Waals surface area contributed by atoms with E-state index in [1.807, 2.05) is 13.8 Å². The lowest BCUT2D eigenvalue weighted by atomic mass is 10.1. The number of nitrogens with zero attached hydrogens (tertiary/aromatic N) is 1. The number of anilines is 1. The molecule has 0 unspecified atom stereocenters. The Hall–Kier alpha value is -1.48. The Labute approximate surface area is 128 Å². The van der Waals surface area contributed by atoms with E-state index in [0.29, 0.717) is 6.07 Å². The molecule has 2 rings (SSSR count). The lowest BCUT2D eigenvalue weighted by molar-refractivity contribution is 0.548. The number of hydrogen-bond acceptors (Lipinski definition) is 3. The van der Waals surface area contributed by atoms with Gasteiger partial charge in [-0.2, -0.15) is 5.10 Å². The van der Waals surface area contributed by atoms with Crippen molar-refractivity contribution in [2.24, 2.45) is 0 Å². The van der Waals surface area contributed by atoms with Crippen molar-refractivity contribution in [2.45, 2.75) is 24.7 Å². The minimum Gasteiger partial charge on any atom is -0.280 e. The normalized spacial score (nSPS) is 11.9. The summed E-state index contributed by atoms with van der Waals surface area (Å²) < 4.78 is 53.0. The van der Waals surface area contributed by atoms with E-state index in [4.69, 9.17) is 0 Å². The molecule has 5 nitrogen and oxygen atoms in total. The van der Waals surface area contributed by atoms with E-state index >= 15 is 0 Å². The maximum Gasteiger partial charge on any atom is 0.267 e. The number of rotatable bonds is 4. The highest BCUT2D eigenvalue weighted by Gasteiger charge is 2.24. The number of aromatic amines is 1. The van der Waals surface area contributed by atoms with Crippen molar-refractivity contribution < 1.29 is 17.2 Å². The van der Waals surface area contributed by atoms with Crippen LogP contribution in [0.3, 0.4) is 0 Å². The molecule has 0 saturated heterocycles. The predicted octanol–water partition coefficient (Wildman–Crippen LogP) is 3.37. The summed E-state index contributed by atoms with van der Waals surface area (Å²) in [5.74, 6) is -1.89. The highest BCUT2D eigenvalue weighted by Crippen LogP contribution is 2.28.